The van der Waals surface area contributed by atoms with Gasteiger partial charge in [0.2, 0.25) is 0 Å². The van der Waals surface area contributed by atoms with Crippen molar-refractivity contribution < 1.29 is 4.79 Å². The van der Waals surface area contributed by atoms with Crippen LogP contribution in [-0.4, -0.2) is 62.8 Å². The second-order valence-corrected chi connectivity index (χ2v) is 8.14. The molecule has 0 N–H and O–H groups in total. The number of fused-ring (bicyclic) bond motifs is 1. The van der Waals surface area contributed by atoms with E-state index >= 15 is 0 Å². The lowest BCUT2D eigenvalue weighted by Crippen LogP contribution is -2.38. The van der Waals surface area contributed by atoms with Crippen LogP contribution in [0, 0.1) is 5.92 Å². The van der Waals surface area contributed by atoms with Crippen LogP contribution < -0.4 is 0 Å². The Balaban J connectivity index is 1.84. The summed E-state index contributed by atoms with van der Waals surface area (Å²) in [6, 6.07) is 2.68. The van der Waals surface area contributed by atoms with Gasteiger partial charge in [-0.1, -0.05) is 13.8 Å². The molecule has 26 heavy (non-hydrogen) atoms. The zero-order valence-corrected chi connectivity index (χ0v) is 16.6. The number of amides is 1. The monoisotopic (exact) mass is 357 g/mol. The highest BCUT2D eigenvalue weighted by Gasteiger charge is 2.26. The summed E-state index contributed by atoms with van der Waals surface area (Å²) < 4.78 is 2.02. The van der Waals surface area contributed by atoms with E-state index in [0.29, 0.717) is 35.8 Å². The second kappa shape index (κ2) is 7.74. The molecule has 0 aromatic carbocycles. The van der Waals surface area contributed by atoms with Crippen molar-refractivity contribution in [1.82, 2.24) is 24.2 Å². The zero-order chi connectivity index (χ0) is 18.8. The molecule has 0 aliphatic carbocycles. The molecule has 1 amide bonds. The van der Waals surface area contributed by atoms with Crippen molar-refractivity contribution in [3.05, 3.63) is 30.0 Å². The minimum absolute atomic E-state index is 0.0551. The van der Waals surface area contributed by atoms with Crippen LogP contribution in [0.3, 0.4) is 0 Å². The number of aromatic nitrogens is 3. The molecule has 142 valence electrons. The number of likely N-dealkylation sites (tertiary alicyclic amines) is 1. The molecular formula is C20H31N5O. The third kappa shape index (κ3) is 3.75. The van der Waals surface area contributed by atoms with Gasteiger partial charge in [-0.25, -0.2) is 9.97 Å². The largest absolute Gasteiger partial charge is 0.340 e. The number of carbonyl (C=O) groups excluding carboxylic acids is 1. The number of hydrogen-bond acceptors (Lipinski definition) is 4. The van der Waals surface area contributed by atoms with Crippen LogP contribution in [-0.2, 0) is 0 Å². The SMILES string of the molecule is CC(C)CN(C)C(=O)c1ncn2c(C3CCN(C(C)C)CC3)ccnc12. The van der Waals surface area contributed by atoms with E-state index in [9.17, 15) is 4.79 Å². The normalized spacial score (nSPS) is 16.7. The molecular weight excluding hydrogens is 326 g/mol. The van der Waals surface area contributed by atoms with E-state index in [1.54, 1.807) is 11.2 Å². The van der Waals surface area contributed by atoms with E-state index in [0.717, 1.165) is 25.9 Å². The summed E-state index contributed by atoms with van der Waals surface area (Å²) >= 11 is 0. The van der Waals surface area contributed by atoms with E-state index in [2.05, 4.69) is 48.6 Å². The topological polar surface area (TPSA) is 53.7 Å². The summed E-state index contributed by atoms with van der Waals surface area (Å²) in [5, 5.41) is 0. The fraction of sp³-hybridized carbons (Fsp3) is 0.650. The first-order valence-corrected chi connectivity index (χ1v) is 9.70. The molecule has 2 aromatic heterocycles. The van der Waals surface area contributed by atoms with Crippen LogP contribution in [0.1, 0.15) is 62.6 Å². The first-order valence-electron chi connectivity index (χ1n) is 9.70. The van der Waals surface area contributed by atoms with Crippen LogP contribution in [0.2, 0.25) is 0 Å². The van der Waals surface area contributed by atoms with Crippen LogP contribution >= 0.6 is 0 Å². The minimum atomic E-state index is -0.0551. The predicted molar refractivity (Wildman–Crippen MR) is 103 cm³/mol. The van der Waals surface area contributed by atoms with E-state index in [-0.39, 0.29) is 5.91 Å². The fourth-order valence-electron chi connectivity index (χ4n) is 3.93. The summed E-state index contributed by atoms with van der Waals surface area (Å²) in [6.45, 7) is 11.7. The molecule has 0 unspecified atom stereocenters. The highest BCUT2D eigenvalue weighted by atomic mass is 16.2. The average molecular weight is 358 g/mol. The highest BCUT2D eigenvalue weighted by molar-refractivity contribution is 5.97. The number of hydrogen-bond donors (Lipinski definition) is 0. The number of nitrogens with zero attached hydrogens (tertiary/aromatic N) is 5. The summed E-state index contributed by atoms with van der Waals surface area (Å²) in [4.78, 5) is 25.9. The van der Waals surface area contributed by atoms with Crippen LogP contribution in [0.4, 0.5) is 0 Å². The van der Waals surface area contributed by atoms with Crippen LogP contribution in [0.15, 0.2) is 18.6 Å². The second-order valence-electron chi connectivity index (χ2n) is 8.14. The molecule has 1 aliphatic rings. The molecule has 3 heterocycles. The zero-order valence-electron chi connectivity index (χ0n) is 16.6. The molecule has 0 saturated carbocycles. The van der Waals surface area contributed by atoms with Crippen molar-refractivity contribution in [2.75, 3.05) is 26.7 Å². The van der Waals surface area contributed by atoms with E-state index in [4.69, 9.17) is 0 Å². The Morgan fingerprint density at radius 1 is 1.23 bits per heavy atom. The lowest BCUT2D eigenvalue weighted by molar-refractivity contribution is 0.0775. The smallest absolute Gasteiger partial charge is 0.276 e. The summed E-state index contributed by atoms with van der Waals surface area (Å²) in [6.07, 6.45) is 5.85. The Morgan fingerprint density at radius 3 is 2.54 bits per heavy atom. The van der Waals surface area contributed by atoms with Crippen molar-refractivity contribution in [3.63, 3.8) is 0 Å². The van der Waals surface area contributed by atoms with Gasteiger partial charge in [-0.15, -0.1) is 0 Å². The minimum Gasteiger partial charge on any atom is -0.340 e. The van der Waals surface area contributed by atoms with Crippen molar-refractivity contribution in [3.8, 4) is 0 Å². The Kier molecular flexibility index (Phi) is 5.61. The molecule has 0 radical (unpaired) electrons. The van der Waals surface area contributed by atoms with Gasteiger partial charge in [0.05, 0.1) is 0 Å². The maximum Gasteiger partial charge on any atom is 0.276 e. The molecule has 6 nitrogen and oxygen atoms in total. The van der Waals surface area contributed by atoms with Gasteiger partial charge in [0.15, 0.2) is 11.3 Å². The number of rotatable bonds is 5. The molecule has 1 aliphatic heterocycles. The Labute approximate surface area is 156 Å². The van der Waals surface area contributed by atoms with Gasteiger partial charge in [0.25, 0.3) is 5.91 Å². The molecule has 3 rings (SSSR count). The summed E-state index contributed by atoms with van der Waals surface area (Å²) in [5.74, 6) is 0.856. The molecule has 0 spiro atoms. The number of carbonyl (C=O) groups is 1. The van der Waals surface area contributed by atoms with Crippen molar-refractivity contribution in [2.45, 2.75) is 52.5 Å². The van der Waals surface area contributed by atoms with Crippen molar-refractivity contribution in [1.29, 1.82) is 0 Å². The predicted octanol–water partition coefficient (Wildman–Crippen LogP) is 3.05. The highest BCUT2D eigenvalue weighted by Crippen LogP contribution is 2.29. The van der Waals surface area contributed by atoms with E-state index in [1.807, 2.05) is 17.6 Å². The molecule has 0 atom stereocenters. The van der Waals surface area contributed by atoms with Gasteiger partial charge in [-0.05, 0) is 51.8 Å². The van der Waals surface area contributed by atoms with Crippen molar-refractivity contribution >= 4 is 11.6 Å². The fourth-order valence-corrected chi connectivity index (χ4v) is 3.93. The lowest BCUT2D eigenvalue weighted by atomic mass is 9.92. The third-order valence-electron chi connectivity index (χ3n) is 5.33. The van der Waals surface area contributed by atoms with Gasteiger partial charge < -0.3 is 9.80 Å². The van der Waals surface area contributed by atoms with Gasteiger partial charge in [0.1, 0.15) is 6.33 Å². The Hall–Kier alpha value is -1.95. The van der Waals surface area contributed by atoms with Crippen molar-refractivity contribution in [2.24, 2.45) is 5.92 Å². The Bertz CT molecular complexity index is 759. The van der Waals surface area contributed by atoms with E-state index < -0.39 is 0 Å². The lowest BCUT2D eigenvalue weighted by Gasteiger charge is -2.34. The van der Waals surface area contributed by atoms with Crippen LogP contribution in [0.5, 0.6) is 0 Å². The molecule has 6 heteroatoms. The summed E-state index contributed by atoms with van der Waals surface area (Å²) in [5.41, 5.74) is 2.35. The Morgan fingerprint density at radius 2 is 1.92 bits per heavy atom. The maximum absolute atomic E-state index is 12.8. The van der Waals surface area contributed by atoms with Gasteiger partial charge in [0, 0.05) is 37.4 Å². The van der Waals surface area contributed by atoms with Gasteiger partial charge in [-0.3, -0.25) is 9.20 Å². The molecule has 2 aromatic rings. The van der Waals surface area contributed by atoms with Crippen LogP contribution in [0.25, 0.3) is 5.65 Å². The average Bonchev–Trinajstić information content (AvgIpc) is 3.04. The maximum atomic E-state index is 12.8. The molecule has 1 saturated heterocycles. The third-order valence-corrected chi connectivity index (χ3v) is 5.33. The first kappa shape index (κ1) is 18.8. The standard InChI is InChI=1S/C20H31N5O/c1-14(2)12-23(5)20(26)18-19-21-9-6-17(25(19)13-22-18)16-7-10-24(11-8-16)15(3)4/h6,9,13-16H,7-8,10-12H2,1-5H3. The molecule has 0 bridgehead atoms. The van der Waals surface area contributed by atoms with Gasteiger partial charge >= 0.3 is 0 Å². The number of piperidine rings is 1. The quantitative estimate of drug-likeness (QED) is 0.825. The van der Waals surface area contributed by atoms with E-state index in [1.165, 1.54) is 5.69 Å². The first-order chi connectivity index (χ1) is 12.4. The summed E-state index contributed by atoms with van der Waals surface area (Å²) in [7, 11) is 1.83. The molecule has 1 fully saturated rings. The number of imidazole rings is 1. The van der Waals surface area contributed by atoms with Gasteiger partial charge in [-0.2, -0.15) is 0 Å².